The zero-order chi connectivity index (χ0) is 18.9. The highest BCUT2D eigenvalue weighted by Crippen LogP contribution is 2.28. The Morgan fingerprint density at radius 3 is 2.62 bits per heavy atom. The topological polar surface area (TPSA) is 85.7 Å². The normalized spacial score (nSPS) is 10.4. The number of ether oxygens (including phenoxy) is 2. The minimum absolute atomic E-state index is 0.0249. The molecule has 0 amide bonds. The first-order valence-corrected chi connectivity index (χ1v) is 8.61. The first kappa shape index (κ1) is 19.8. The van der Waals surface area contributed by atoms with Crippen LogP contribution in [0.25, 0.3) is 0 Å². The van der Waals surface area contributed by atoms with Crippen molar-refractivity contribution in [2.75, 3.05) is 32.1 Å². The second-order valence-electron chi connectivity index (χ2n) is 5.44. The van der Waals surface area contributed by atoms with Crippen LogP contribution in [0.4, 0.5) is 11.4 Å². The van der Waals surface area contributed by atoms with Crippen molar-refractivity contribution in [3.63, 3.8) is 0 Å². The summed E-state index contributed by atoms with van der Waals surface area (Å²) >= 11 is 6.04. The number of methoxy groups -OCH3 is 1. The molecule has 26 heavy (non-hydrogen) atoms. The largest absolute Gasteiger partial charge is 0.493 e. The van der Waals surface area contributed by atoms with Crippen molar-refractivity contribution in [3.8, 4) is 11.5 Å². The molecule has 2 aromatic carbocycles. The molecule has 0 spiro atoms. The van der Waals surface area contributed by atoms with Crippen LogP contribution in [0.15, 0.2) is 36.4 Å². The number of non-ortho nitro benzene ring substituents is 1. The third-order valence-corrected chi connectivity index (χ3v) is 3.95. The van der Waals surface area contributed by atoms with Crippen LogP contribution in [0.2, 0.25) is 5.02 Å². The number of benzene rings is 2. The smallest absolute Gasteiger partial charge is 0.271 e. The number of nitro benzene ring substituents is 1. The van der Waals surface area contributed by atoms with Gasteiger partial charge in [-0.05, 0) is 30.7 Å². The number of nitrogens with one attached hydrogen (secondary N) is 2. The van der Waals surface area contributed by atoms with E-state index in [0.29, 0.717) is 42.7 Å². The van der Waals surface area contributed by atoms with E-state index in [9.17, 15) is 10.1 Å². The van der Waals surface area contributed by atoms with Gasteiger partial charge in [0.2, 0.25) is 0 Å². The van der Waals surface area contributed by atoms with Crippen molar-refractivity contribution in [1.82, 2.24) is 5.32 Å². The lowest BCUT2D eigenvalue weighted by molar-refractivity contribution is -0.384. The Morgan fingerprint density at radius 1 is 1.15 bits per heavy atom. The number of halogens is 1. The van der Waals surface area contributed by atoms with Crippen molar-refractivity contribution in [2.24, 2.45) is 0 Å². The Hall–Kier alpha value is -2.51. The monoisotopic (exact) mass is 379 g/mol. The van der Waals surface area contributed by atoms with Crippen molar-refractivity contribution in [1.29, 1.82) is 0 Å². The molecule has 2 rings (SSSR count). The maximum Gasteiger partial charge on any atom is 0.271 e. The fourth-order valence-corrected chi connectivity index (χ4v) is 2.62. The van der Waals surface area contributed by atoms with E-state index in [0.717, 1.165) is 11.3 Å². The predicted octanol–water partition coefficient (Wildman–Crippen LogP) is 3.86. The van der Waals surface area contributed by atoms with E-state index in [1.54, 1.807) is 13.2 Å². The Bertz CT molecular complexity index is 755. The highest BCUT2D eigenvalue weighted by atomic mass is 35.5. The number of hydrogen-bond donors (Lipinski definition) is 2. The van der Waals surface area contributed by atoms with Crippen LogP contribution in [-0.2, 0) is 6.54 Å². The molecule has 7 nitrogen and oxygen atoms in total. The summed E-state index contributed by atoms with van der Waals surface area (Å²) < 4.78 is 10.8. The third-order valence-electron chi connectivity index (χ3n) is 3.64. The molecule has 2 N–H and O–H groups in total. The lowest BCUT2D eigenvalue weighted by Gasteiger charge is -2.12. The molecule has 0 saturated heterocycles. The summed E-state index contributed by atoms with van der Waals surface area (Å²) in [6.07, 6.45) is 0. The highest BCUT2D eigenvalue weighted by Gasteiger charge is 2.09. The minimum Gasteiger partial charge on any atom is -0.493 e. The van der Waals surface area contributed by atoms with Crippen LogP contribution in [0, 0.1) is 10.1 Å². The Morgan fingerprint density at radius 2 is 1.96 bits per heavy atom. The van der Waals surface area contributed by atoms with E-state index in [1.165, 1.54) is 12.1 Å². The maximum absolute atomic E-state index is 10.7. The highest BCUT2D eigenvalue weighted by molar-refractivity contribution is 6.33. The summed E-state index contributed by atoms with van der Waals surface area (Å²) in [5.41, 5.74) is 1.73. The Labute approximate surface area is 157 Å². The minimum atomic E-state index is -0.470. The second-order valence-corrected chi connectivity index (χ2v) is 5.85. The van der Waals surface area contributed by atoms with E-state index in [-0.39, 0.29) is 5.69 Å². The van der Waals surface area contributed by atoms with E-state index < -0.39 is 4.92 Å². The zero-order valence-corrected chi connectivity index (χ0v) is 15.5. The molecule has 2 aromatic rings. The number of nitrogens with zero attached hydrogens (tertiary/aromatic N) is 1. The zero-order valence-electron chi connectivity index (χ0n) is 14.8. The standard InChI is InChI=1S/C18H22ClN3O4/c1-3-26-17-7-4-13(10-18(17)25-2)12-20-8-9-21-16-6-5-14(22(23)24)11-15(16)19/h4-7,10-11,20-21H,3,8-9,12H2,1-2H3. The number of rotatable bonds is 10. The van der Waals surface area contributed by atoms with Gasteiger partial charge in [0.15, 0.2) is 11.5 Å². The summed E-state index contributed by atoms with van der Waals surface area (Å²) in [6.45, 7) is 4.52. The molecular weight excluding hydrogens is 358 g/mol. The lowest BCUT2D eigenvalue weighted by atomic mass is 10.2. The van der Waals surface area contributed by atoms with Gasteiger partial charge >= 0.3 is 0 Å². The summed E-state index contributed by atoms with van der Waals surface area (Å²) in [6, 6.07) is 10.2. The van der Waals surface area contributed by atoms with Crippen LogP contribution < -0.4 is 20.1 Å². The fraction of sp³-hybridized carbons (Fsp3) is 0.333. The van der Waals surface area contributed by atoms with Gasteiger partial charge < -0.3 is 20.1 Å². The molecule has 0 heterocycles. The molecule has 0 radical (unpaired) electrons. The van der Waals surface area contributed by atoms with E-state index >= 15 is 0 Å². The van der Waals surface area contributed by atoms with E-state index in [4.69, 9.17) is 21.1 Å². The molecule has 0 saturated carbocycles. The molecule has 0 bridgehead atoms. The van der Waals surface area contributed by atoms with Gasteiger partial charge in [-0.3, -0.25) is 10.1 Å². The van der Waals surface area contributed by atoms with Gasteiger partial charge in [0, 0.05) is 31.8 Å². The van der Waals surface area contributed by atoms with Gasteiger partial charge in [0.25, 0.3) is 5.69 Å². The van der Waals surface area contributed by atoms with Gasteiger partial charge in [-0.15, -0.1) is 0 Å². The molecule has 0 atom stereocenters. The van der Waals surface area contributed by atoms with Crippen molar-refractivity contribution >= 4 is 23.0 Å². The average Bonchev–Trinajstić information content (AvgIpc) is 2.63. The van der Waals surface area contributed by atoms with E-state index in [2.05, 4.69) is 10.6 Å². The molecule has 0 aliphatic rings. The van der Waals surface area contributed by atoms with Gasteiger partial charge in [-0.1, -0.05) is 17.7 Å². The molecule has 0 aromatic heterocycles. The quantitative estimate of drug-likeness (QED) is 0.370. The summed E-state index contributed by atoms with van der Waals surface area (Å²) in [4.78, 5) is 10.2. The number of anilines is 1. The maximum atomic E-state index is 10.7. The van der Waals surface area contributed by atoms with Crippen molar-refractivity contribution in [3.05, 3.63) is 57.1 Å². The van der Waals surface area contributed by atoms with Crippen molar-refractivity contribution in [2.45, 2.75) is 13.5 Å². The summed E-state index contributed by atoms with van der Waals surface area (Å²) in [7, 11) is 1.62. The third kappa shape index (κ3) is 5.50. The molecule has 0 fully saturated rings. The second kappa shape index (κ2) is 9.84. The molecule has 0 aliphatic carbocycles. The number of hydrogen-bond acceptors (Lipinski definition) is 6. The first-order chi connectivity index (χ1) is 12.5. The molecule has 0 aliphatic heterocycles. The molecule has 8 heteroatoms. The molecule has 140 valence electrons. The summed E-state index contributed by atoms with van der Waals surface area (Å²) in [5.74, 6) is 1.44. The Balaban J connectivity index is 1.79. The van der Waals surface area contributed by atoms with E-state index in [1.807, 2.05) is 25.1 Å². The Kier molecular flexibility index (Phi) is 7.50. The van der Waals surface area contributed by atoms with Crippen LogP contribution in [0.1, 0.15) is 12.5 Å². The predicted molar refractivity (Wildman–Crippen MR) is 102 cm³/mol. The summed E-state index contributed by atoms with van der Waals surface area (Å²) in [5, 5.41) is 17.5. The van der Waals surface area contributed by atoms with Crippen molar-refractivity contribution < 1.29 is 14.4 Å². The number of nitro groups is 1. The molecular formula is C18H22ClN3O4. The molecule has 0 unspecified atom stereocenters. The van der Waals surface area contributed by atoms with Gasteiger partial charge in [-0.25, -0.2) is 0 Å². The van der Waals surface area contributed by atoms with Crippen LogP contribution >= 0.6 is 11.6 Å². The average molecular weight is 380 g/mol. The van der Waals surface area contributed by atoms with Gasteiger partial charge in [-0.2, -0.15) is 0 Å². The van der Waals surface area contributed by atoms with Crippen LogP contribution in [0.5, 0.6) is 11.5 Å². The fourth-order valence-electron chi connectivity index (χ4n) is 2.38. The van der Waals surface area contributed by atoms with Crippen LogP contribution in [0.3, 0.4) is 0 Å². The van der Waals surface area contributed by atoms with Gasteiger partial charge in [0.05, 0.1) is 29.4 Å². The van der Waals surface area contributed by atoms with Gasteiger partial charge in [0.1, 0.15) is 0 Å². The lowest BCUT2D eigenvalue weighted by Crippen LogP contribution is -2.21. The van der Waals surface area contributed by atoms with Crippen LogP contribution in [-0.4, -0.2) is 31.7 Å². The SMILES string of the molecule is CCOc1ccc(CNCCNc2ccc([N+](=O)[O-])cc2Cl)cc1OC. The first-order valence-electron chi connectivity index (χ1n) is 8.23.